The van der Waals surface area contributed by atoms with E-state index >= 15 is 0 Å². The molecule has 1 saturated heterocycles. The van der Waals surface area contributed by atoms with E-state index in [-0.39, 0.29) is 24.3 Å². The first-order chi connectivity index (χ1) is 13.5. The van der Waals surface area contributed by atoms with Crippen LogP contribution in [0, 0.1) is 0 Å². The minimum Gasteiger partial charge on any atom is -0.383 e. The van der Waals surface area contributed by atoms with Crippen molar-refractivity contribution in [2.45, 2.75) is 19.5 Å². The van der Waals surface area contributed by atoms with Gasteiger partial charge in [-0.1, -0.05) is 18.2 Å². The average Bonchev–Trinajstić information content (AvgIpc) is 3.09. The molecule has 0 bridgehead atoms. The monoisotopic (exact) mass is 386 g/mol. The third-order valence-electron chi connectivity index (χ3n) is 5.18. The molecule has 0 spiro atoms. The standard InChI is InChI=1S/C20H26N4O4/c1-14(25)24-9-8-23(13-18(24)19(26)21-2)20(27)16-12-22(10-11-28-3)17-7-5-4-6-15(16)17/h4-7,12,18H,8-11,13H2,1-3H3,(H,21,26)/t18-/m1/s1. The summed E-state index contributed by atoms with van der Waals surface area (Å²) >= 11 is 0. The van der Waals surface area contributed by atoms with Crippen molar-refractivity contribution >= 4 is 28.6 Å². The third-order valence-corrected chi connectivity index (χ3v) is 5.18. The lowest BCUT2D eigenvalue weighted by Crippen LogP contribution is -2.60. The van der Waals surface area contributed by atoms with E-state index in [0.29, 0.717) is 31.8 Å². The lowest BCUT2D eigenvalue weighted by molar-refractivity contribution is -0.141. The highest BCUT2D eigenvalue weighted by molar-refractivity contribution is 6.07. The Labute approximate surface area is 164 Å². The summed E-state index contributed by atoms with van der Waals surface area (Å²) < 4.78 is 7.18. The minimum atomic E-state index is -0.679. The number of carbonyl (C=O) groups excluding carboxylic acids is 3. The van der Waals surface area contributed by atoms with Gasteiger partial charge in [0, 0.05) is 57.8 Å². The summed E-state index contributed by atoms with van der Waals surface area (Å²) in [5.41, 5.74) is 1.56. The molecule has 0 radical (unpaired) electrons. The van der Waals surface area contributed by atoms with Gasteiger partial charge in [0.2, 0.25) is 11.8 Å². The van der Waals surface area contributed by atoms with Gasteiger partial charge in [-0.25, -0.2) is 0 Å². The summed E-state index contributed by atoms with van der Waals surface area (Å²) in [5.74, 6) is -0.573. The molecule has 1 aromatic carbocycles. The fourth-order valence-electron chi connectivity index (χ4n) is 3.70. The number of para-hydroxylation sites is 1. The van der Waals surface area contributed by atoms with Crippen molar-refractivity contribution in [1.82, 2.24) is 19.7 Å². The van der Waals surface area contributed by atoms with E-state index in [9.17, 15) is 14.4 Å². The van der Waals surface area contributed by atoms with Gasteiger partial charge in [-0.3, -0.25) is 14.4 Å². The highest BCUT2D eigenvalue weighted by Crippen LogP contribution is 2.24. The molecule has 2 heterocycles. The Kier molecular flexibility index (Phi) is 5.99. The molecule has 150 valence electrons. The zero-order chi connectivity index (χ0) is 20.3. The molecule has 1 aliphatic rings. The van der Waals surface area contributed by atoms with Crippen LogP contribution >= 0.6 is 0 Å². The zero-order valence-electron chi connectivity index (χ0n) is 16.5. The van der Waals surface area contributed by atoms with Crippen LogP contribution in [0.15, 0.2) is 30.5 Å². The van der Waals surface area contributed by atoms with Crippen LogP contribution in [0.2, 0.25) is 0 Å². The molecular weight excluding hydrogens is 360 g/mol. The summed E-state index contributed by atoms with van der Waals surface area (Å²) in [7, 11) is 3.18. The van der Waals surface area contributed by atoms with Crippen molar-refractivity contribution < 1.29 is 19.1 Å². The Bertz CT molecular complexity index is 891. The molecule has 0 aliphatic carbocycles. The van der Waals surface area contributed by atoms with Crippen LogP contribution in [0.4, 0.5) is 0 Å². The van der Waals surface area contributed by atoms with Crippen molar-refractivity contribution in [2.75, 3.05) is 40.4 Å². The average molecular weight is 386 g/mol. The van der Waals surface area contributed by atoms with Gasteiger partial charge in [0.1, 0.15) is 6.04 Å². The molecule has 3 rings (SSSR count). The number of likely N-dealkylation sites (N-methyl/N-ethyl adjacent to an activating group) is 1. The lowest BCUT2D eigenvalue weighted by Gasteiger charge is -2.39. The summed E-state index contributed by atoms with van der Waals surface area (Å²) in [6.07, 6.45) is 1.85. The van der Waals surface area contributed by atoms with Gasteiger partial charge in [-0.2, -0.15) is 0 Å². The number of amides is 3. The van der Waals surface area contributed by atoms with Gasteiger partial charge in [-0.05, 0) is 6.07 Å². The Morgan fingerprint density at radius 3 is 2.64 bits per heavy atom. The molecule has 1 aliphatic heterocycles. The highest BCUT2D eigenvalue weighted by atomic mass is 16.5. The quantitative estimate of drug-likeness (QED) is 0.820. The number of nitrogens with zero attached hydrogens (tertiary/aromatic N) is 3. The Balaban J connectivity index is 1.90. The number of carbonyl (C=O) groups is 3. The first-order valence-corrected chi connectivity index (χ1v) is 9.32. The van der Waals surface area contributed by atoms with Crippen LogP contribution in [0.5, 0.6) is 0 Å². The van der Waals surface area contributed by atoms with E-state index in [1.807, 2.05) is 35.0 Å². The number of hydrogen-bond donors (Lipinski definition) is 1. The van der Waals surface area contributed by atoms with Gasteiger partial charge < -0.3 is 24.4 Å². The number of benzene rings is 1. The number of ether oxygens (including phenoxy) is 1. The highest BCUT2D eigenvalue weighted by Gasteiger charge is 2.36. The Hall–Kier alpha value is -2.87. The molecule has 0 saturated carbocycles. The number of hydrogen-bond acceptors (Lipinski definition) is 4. The van der Waals surface area contributed by atoms with Crippen LogP contribution < -0.4 is 5.32 Å². The number of fused-ring (bicyclic) bond motifs is 1. The molecule has 1 atom stereocenters. The predicted molar refractivity (Wildman–Crippen MR) is 105 cm³/mol. The van der Waals surface area contributed by atoms with E-state index in [0.717, 1.165) is 10.9 Å². The Morgan fingerprint density at radius 2 is 1.96 bits per heavy atom. The first-order valence-electron chi connectivity index (χ1n) is 9.32. The van der Waals surface area contributed by atoms with Gasteiger partial charge in [0.25, 0.3) is 5.91 Å². The predicted octanol–water partition coefficient (Wildman–Crippen LogP) is 0.707. The summed E-state index contributed by atoms with van der Waals surface area (Å²) in [6, 6.07) is 7.06. The number of aromatic nitrogens is 1. The molecule has 3 amide bonds. The SMILES string of the molecule is CNC(=O)[C@H]1CN(C(=O)c2cn(CCOC)c3ccccc23)CCN1C(C)=O. The van der Waals surface area contributed by atoms with Gasteiger partial charge in [-0.15, -0.1) is 0 Å². The number of methoxy groups -OCH3 is 1. The lowest BCUT2D eigenvalue weighted by atomic mass is 10.1. The summed E-state index contributed by atoms with van der Waals surface area (Å²) in [5, 5.41) is 3.46. The fourth-order valence-corrected chi connectivity index (χ4v) is 3.70. The van der Waals surface area contributed by atoms with E-state index < -0.39 is 6.04 Å². The van der Waals surface area contributed by atoms with E-state index in [4.69, 9.17) is 4.74 Å². The van der Waals surface area contributed by atoms with Crippen molar-refractivity contribution in [1.29, 1.82) is 0 Å². The number of nitrogens with one attached hydrogen (secondary N) is 1. The fraction of sp³-hybridized carbons (Fsp3) is 0.450. The molecule has 8 nitrogen and oxygen atoms in total. The smallest absolute Gasteiger partial charge is 0.256 e. The number of piperazine rings is 1. The molecule has 2 aromatic rings. The largest absolute Gasteiger partial charge is 0.383 e. The molecule has 1 fully saturated rings. The summed E-state index contributed by atoms with van der Waals surface area (Å²) in [4.78, 5) is 40.6. The molecule has 0 unspecified atom stereocenters. The zero-order valence-corrected chi connectivity index (χ0v) is 16.5. The minimum absolute atomic E-state index is 0.135. The van der Waals surface area contributed by atoms with Crippen molar-refractivity contribution in [2.24, 2.45) is 0 Å². The second-order valence-electron chi connectivity index (χ2n) is 6.84. The van der Waals surface area contributed by atoms with Crippen molar-refractivity contribution in [3.8, 4) is 0 Å². The second-order valence-corrected chi connectivity index (χ2v) is 6.84. The van der Waals surface area contributed by atoms with E-state index in [1.165, 1.54) is 18.9 Å². The van der Waals surface area contributed by atoms with Gasteiger partial charge >= 0.3 is 0 Å². The maximum Gasteiger partial charge on any atom is 0.256 e. The van der Waals surface area contributed by atoms with Crippen LogP contribution in [-0.4, -0.2) is 78.5 Å². The maximum absolute atomic E-state index is 13.3. The van der Waals surface area contributed by atoms with Crippen molar-refractivity contribution in [3.05, 3.63) is 36.0 Å². The summed E-state index contributed by atoms with van der Waals surface area (Å²) in [6.45, 7) is 3.53. The number of rotatable bonds is 5. The topological polar surface area (TPSA) is 83.9 Å². The normalized spacial score (nSPS) is 17.0. The van der Waals surface area contributed by atoms with Gasteiger partial charge in [0.15, 0.2) is 0 Å². The molecule has 1 aromatic heterocycles. The van der Waals surface area contributed by atoms with E-state index in [2.05, 4.69) is 5.32 Å². The van der Waals surface area contributed by atoms with Crippen LogP contribution in [0.1, 0.15) is 17.3 Å². The molecule has 1 N–H and O–H groups in total. The molecular formula is C20H26N4O4. The van der Waals surface area contributed by atoms with Gasteiger partial charge in [0.05, 0.1) is 18.7 Å². The molecule has 8 heteroatoms. The third kappa shape index (κ3) is 3.73. The Morgan fingerprint density at radius 1 is 1.21 bits per heavy atom. The second kappa shape index (κ2) is 8.43. The molecule has 28 heavy (non-hydrogen) atoms. The first kappa shape index (κ1) is 19.9. The van der Waals surface area contributed by atoms with Crippen LogP contribution in [0.3, 0.4) is 0 Å². The van der Waals surface area contributed by atoms with Crippen LogP contribution in [0.25, 0.3) is 10.9 Å². The van der Waals surface area contributed by atoms with Crippen molar-refractivity contribution in [3.63, 3.8) is 0 Å². The van der Waals surface area contributed by atoms with E-state index in [1.54, 1.807) is 12.0 Å². The van der Waals surface area contributed by atoms with Crippen LogP contribution in [-0.2, 0) is 20.9 Å². The maximum atomic E-state index is 13.3.